The number of hydrogen-bond donors (Lipinski definition) is 1. The molecule has 88 valence electrons. The van der Waals surface area contributed by atoms with Gasteiger partial charge in [-0.1, -0.05) is 6.07 Å². The number of nitrogen functional groups attached to an aromatic ring is 1. The van der Waals surface area contributed by atoms with Gasteiger partial charge in [0.05, 0.1) is 5.69 Å². The standard InChI is InChI=1S/C14H17N3/c1-8-5-10(3)12(6-9(8)2)13-7-11(4)16-14(15)17-13/h5-7H,1-4H3,(H2,15,16,17). The molecule has 2 aromatic rings. The Labute approximate surface area is 102 Å². The van der Waals surface area contributed by atoms with Crippen LogP contribution in [0.3, 0.4) is 0 Å². The van der Waals surface area contributed by atoms with Gasteiger partial charge in [-0.05, 0) is 56.5 Å². The summed E-state index contributed by atoms with van der Waals surface area (Å²) in [5, 5.41) is 0. The molecule has 0 unspecified atom stereocenters. The van der Waals surface area contributed by atoms with E-state index in [1.54, 1.807) is 0 Å². The van der Waals surface area contributed by atoms with E-state index in [-0.39, 0.29) is 0 Å². The fourth-order valence-corrected chi connectivity index (χ4v) is 1.97. The molecule has 1 aromatic carbocycles. The third-order valence-corrected chi connectivity index (χ3v) is 2.99. The molecule has 0 saturated carbocycles. The molecule has 1 heterocycles. The quantitative estimate of drug-likeness (QED) is 0.814. The first-order valence-electron chi connectivity index (χ1n) is 5.67. The summed E-state index contributed by atoms with van der Waals surface area (Å²) in [4.78, 5) is 8.40. The van der Waals surface area contributed by atoms with E-state index in [0.29, 0.717) is 5.95 Å². The van der Waals surface area contributed by atoms with E-state index in [1.165, 1.54) is 16.7 Å². The Morgan fingerprint density at radius 3 is 2.12 bits per heavy atom. The van der Waals surface area contributed by atoms with Gasteiger partial charge in [0.1, 0.15) is 0 Å². The van der Waals surface area contributed by atoms with Crippen molar-refractivity contribution in [2.75, 3.05) is 5.73 Å². The van der Waals surface area contributed by atoms with E-state index in [9.17, 15) is 0 Å². The molecule has 0 aliphatic rings. The number of nitrogens with two attached hydrogens (primary N) is 1. The summed E-state index contributed by atoms with van der Waals surface area (Å²) in [6.45, 7) is 8.24. The van der Waals surface area contributed by atoms with Crippen molar-refractivity contribution in [2.45, 2.75) is 27.7 Å². The Hall–Kier alpha value is -1.90. The number of aromatic nitrogens is 2. The van der Waals surface area contributed by atoms with Crippen molar-refractivity contribution in [3.63, 3.8) is 0 Å². The normalized spacial score (nSPS) is 10.6. The SMILES string of the molecule is Cc1cc(-c2cc(C)c(C)cc2C)nc(N)n1. The topological polar surface area (TPSA) is 51.8 Å². The lowest BCUT2D eigenvalue weighted by Gasteiger charge is -2.10. The van der Waals surface area contributed by atoms with Crippen molar-refractivity contribution >= 4 is 5.95 Å². The fourth-order valence-electron chi connectivity index (χ4n) is 1.97. The highest BCUT2D eigenvalue weighted by Crippen LogP contribution is 2.25. The van der Waals surface area contributed by atoms with Crippen molar-refractivity contribution in [1.82, 2.24) is 9.97 Å². The highest BCUT2D eigenvalue weighted by Gasteiger charge is 2.07. The van der Waals surface area contributed by atoms with Crippen LogP contribution in [0.1, 0.15) is 22.4 Å². The van der Waals surface area contributed by atoms with Gasteiger partial charge in [0, 0.05) is 11.3 Å². The van der Waals surface area contributed by atoms with E-state index < -0.39 is 0 Å². The summed E-state index contributed by atoms with van der Waals surface area (Å²) in [5.74, 6) is 0.331. The smallest absolute Gasteiger partial charge is 0.220 e. The van der Waals surface area contributed by atoms with Crippen molar-refractivity contribution in [3.05, 3.63) is 40.6 Å². The molecular formula is C14H17N3. The summed E-state index contributed by atoms with van der Waals surface area (Å²) >= 11 is 0. The second-order valence-electron chi connectivity index (χ2n) is 4.50. The second-order valence-corrected chi connectivity index (χ2v) is 4.50. The van der Waals surface area contributed by atoms with Crippen molar-refractivity contribution < 1.29 is 0 Å². The molecule has 3 heteroatoms. The van der Waals surface area contributed by atoms with Crippen LogP contribution < -0.4 is 5.73 Å². The molecule has 0 aliphatic carbocycles. The van der Waals surface area contributed by atoms with E-state index in [1.807, 2.05) is 13.0 Å². The maximum absolute atomic E-state index is 5.69. The van der Waals surface area contributed by atoms with Crippen LogP contribution in [0.2, 0.25) is 0 Å². The van der Waals surface area contributed by atoms with E-state index in [0.717, 1.165) is 17.0 Å². The Morgan fingerprint density at radius 1 is 0.824 bits per heavy atom. The summed E-state index contributed by atoms with van der Waals surface area (Å²) < 4.78 is 0. The first-order chi connectivity index (χ1) is 7.97. The molecule has 0 bridgehead atoms. The monoisotopic (exact) mass is 227 g/mol. The van der Waals surface area contributed by atoms with Gasteiger partial charge in [0.15, 0.2) is 0 Å². The molecule has 2 N–H and O–H groups in total. The zero-order valence-corrected chi connectivity index (χ0v) is 10.7. The summed E-state index contributed by atoms with van der Waals surface area (Å²) in [6.07, 6.45) is 0. The number of anilines is 1. The molecule has 0 atom stereocenters. The van der Waals surface area contributed by atoms with Gasteiger partial charge in [-0.2, -0.15) is 0 Å². The number of rotatable bonds is 1. The largest absolute Gasteiger partial charge is 0.368 e. The molecule has 0 amide bonds. The van der Waals surface area contributed by atoms with Crippen molar-refractivity contribution in [3.8, 4) is 11.3 Å². The van der Waals surface area contributed by atoms with Crippen molar-refractivity contribution in [2.24, 2.45) is 0 Å². The lowest BCUT2D eigenvalue weighted by Crippen LogP contribution is -1.99. The number of nitrogens with zero attached hydrogens (tertiary/aromatic N) is 2. The van der Waals surface area contributed by atoms with Crippen LogP contribution in [0.5, 0.6) is 0 Å². The molecule has 0 spiro atoms. The maximum atomic E-state index is 5.69. The fraction of sp³-hybridized carbons (Fsp3) is 0.286. The minimum absolute atomic E-state index is 0.331. The maximum Gasteiger partial charge on any atom is 0.220 e. The Morgan fingerprint density at radius 2 is 1.47 bits per heavy atom. The summed E-state index contributed by atoms with van der Waals surface area (Å²) in [6, 6.07) is 6.30. The van der Waals surface area contributed by atoms with Crippen LogP contribution in [0.25, 0.3) is 11.3 Å². The third kappa shape index (κ3) is 2.28. The molecule has 0 saturated heterocycles. The molecule has 1 aromatic heterocycles. The molecule has 2 rings (SSSR count). The van der Waals surface area contributed by atoms with Gasteiger partial charge in [-0.25, -0.2) is 9.97 Å². The minimum atomic E-state index is 0.331. The van der Waals surface area contributed by atoms with Crippen LogP contribution in [0.4, 0.5) is 5.95 Å². The van der Waals surface area contributed by atoms with Gasteiger partial charge in [0.25, 0.3) is 0 Å². The van der Waals surface area contributed by atoms with Gasteiger partial charge < -0.3 is 5.73 Å². The highest BCUT2D eigenvalue weighted by atomic mass is 15.0. The summed E-state index contributed by atoms with van der Waals surface area (Å²) in [5.41, 5.74) is 12.4. The average molecular weight is 227 g/mol. The number of aryl methyl sites for hydroxylation is 4. The first-order valence-corrected chi connectivity index (χ1v) is 5.67. The molecule has 0 fully saturated rings. The zero-order chi connectivity index (χ0) is 12.6. The van der Waals surface area contributed by atoms with Crippen LogP contribution in [0.15, 0.2) is 18.2 Å². The first kappa shape index (κ1) is 11.6. The Kier molecular flexibility index (Phi) is 2.84. The second kappa shape index (κ2) is 4.17. The highest BCUT2D eigenvalue weighted by molar-refractivity contribution is 5.66. The Bertz CT molecular complexity index is 554. The molecule has 3 nitrogen and oxygen atoms in total. The van der Waals surface area contributed by atoms with Gasteiger partial charge >= 0.3 is 0 Å². The van der Waals surface area contributed by atoms with Crippen LogP contribution in [-0.4, -0.2) is 9.97 Å². The lowest BCUT2D eigenvalue weighted by molar-refractivity contribution is 1.12. The van der Waals surface area contributed by atoms with E-state index >= 15 is 0 Å². The van der Waals surface area contributed by atoms with Crippen molar-refractivity contribution in [1.29, 1.82) is 0 Å². The predicted octanol–water partition coefficient (Wildman–Crippen LogP) is 2.96. The molecule has 17 heavy (non-hydrogen) atoms. The third-order valence-electron chi connectivity index (χ3n) is 2.99. The minimum Gasteiger partial charge on any atom is -0.368 e. The Balaban J connectivity index is 2.64. The zero-order valence-electron chi connectivity index (χ0n) is 10.7. The van der Waals surface area contributed by atoms with E-state index in [2.05, 4.69) is 42.9 Å². The van der Waals surface area contributed by atoms with E-state index in [4.69, 9.17) is 5.73 Å². The predicted molar refractivity (Wildman–Crippen MR) is 70.8 cm³/mol. The van der Waals surface area contributed by atoms with Crippen LogP contribution in [0, 0.1) is 27.7 Å². The van der Waals surface area contributed by atoms with Gasteiger partial charge in [-0.3, -0.25) is 0 Å². The number of hydrogen-bond acceptors (Lipinski definition) is 3. The van der Waals surface area contributed by atoms with Gasteiger partial charge in [-0.15, -0.1) is 0 Å². The molecule has 0 aliphatic heterocycles. The average Bonchev–Trinajstić information content (AvgIpc) is 2.22. The molecular weight excluding hydrogens is 210 g/mol. The molecule has 0 radical (unpaired) electrons. The van der Waals surface area contributed by atoms with Gasteiger partial charge in [0.2, 0.25) is 5.95 Å². The van der Waals surface area contributed by atoms with Crippen LogP contribution >= 0.6 is 0 Å². The van der Waals surface area contributed by atoms with Crippen LogP contribution in [-0.2, 0) is 0 Å². The lowest BCUT2D eigenvalue weighted by atomic mass is 9.98. The number of benzene rings is 1. The summed E-state index contributed by atoms with van der Waals surface area (Å²) in [7, 11) is 0.